The van der Waals surface area contributed by atoms with Crippen molar-refractivity contribution < 1.29 is 4.79 Å². The van der Waals surface area contributed by atoms with E-state index in [-0.39, 0.29) is 5.91 Å². The Balaban J connectivity index is 1.96. The van der Waals surface area contributed by atoms with Crippen LogP contribution in [0, 0.1) is 0 Å². The van der Waals surface area contributed by atoms with Gasteiger partial charge in [-0.25, -0.2) is 4.98 Å². The molecule has 2 heterocycles. The number of aromatic nitrogens is 3. The lowest BCUT2D eigenvalue weighted by atomic mass is 10.2. The molecule has 3 aromatic rings. The quantitative estimate of drug-likeness (QED) is 0.606. The molecule has 0 bridgehead atoms. The highest BCUT2D eigenvalue weighted by atomic mass is 16.2. The first-order valence-electron chi connectivity index (χ1n) is 5.70. The standard InChI is InChI=1S/C13H11N5O/c14-8-4-5-10-9(7-8)12(18-17-10)13(19)16-11-3-1-2-6-15-11/h1-7H,14H2,(H,17,18)(H,15,16,19). The van der Waals surface area contributed by atoms with Crippen LogP contribution >= 0.6 is 0 Å². The number of nitrogen functional groups attached to an aromatic ring is 1. The average Bonchev–Trinajstić information content (AvgIpc) is 2.82. The highest BCUT2D eigenvalue weighted by Crippen LogP contribution is 2.19. The van der Waals surface area contributed by atoms with Crippen LogP contribution in [0.4, 0.5) is 11.5 Å². The molecular weight excluding hydrogens is 242 g/mol. The predicted octanol–water partition coefficient (Wildman–Crippen LogP) is 1.79. The van der Waals surface area contributed by atoms with E-state index in [0.717, 1.165) is 5.52 Å². The lowest BCUT2D eigenvalue weighted by Crippen LogP contribution is -2.13. The highest BCUT2D eigenvalue weighted by Gasteiger charge is 2.14. The first-order valence-corrected chi connectivity index (χ1v) is 5.70. The van der Waals surface area contributed by atoms with E-state index in [4.69, 9.17) is 5.73 Å². The maximum Gasteiger partial charge on any atom is 0.277 e. The summed E-state index contributed by atoms with van der Waals surface area (Å²) in [5.74, 6) is 0.156. The molecule has 2 aromatic heterocycles. The molecule has 19 heavy (non-hydrogen) atoms. The first kappa shape index (κ1) is 11.2. The molecule has 94 valence electrons. The van der Waals surface area contributed by atoms with Crippen molar-refractivity contribution in [1.29, 1.82) is 0 Å². The summed E-state index contributed by atoms with van der Waals surface area (Å²) in [6.07, 6.45) is 1.61. The predicted molar refractivity (Wildman–Crippen MR) is 72.7 cm³/mol. The van der Waals surface area contributed by atoms with E-state index in [1.54, 1.807) is 42.6 Å². The summed E-state index contributed by atoms with van der Waals surface area (Å²) in [5.41, 5.74) is 7.37. The van der Waals surface area contributed by atoms with Crippen LogP contribution in [0.2, 0.25) is 0 Å². The van der Waals surface area contributed by atoms with E-state index in [2.05, 4.69) is 20.5 Å². The average molecular weight is 253 g/mol. The van der Waals surface area contributed by atoms with Crippen molar-refractivity contribution in [2.45, 2.75) is 0 Å². The minimum absolute atomic E-state index is 0.299. The number of carbonyl (C=O) groups excluding carboxylic acids is 1. The largest absolute Gasteiger partial charge is 0.399 e. The van der Waals surface area contributed by atoms with E-state index in [0.29, 0.717) is 22.6 Å². The van der Waals surface area contributed by atoms with Gasteiger partial charge in [-0.15, -0.1) is 0 Å². The van der Waals surface area contributed by atoms with Gasteiger partial charge >= 0.3 is 0 Å². The fourth-order valence-electron chi connectivity index (χ4n) is 1.82. The summed E-state index contributed by atoms with van der Waals surface area (Å²) in [5, 5.41) is 10.2. The van der Waals surface area contributed by atoms with Gasteiger partial charge in [-0.2, -0.15) is 5.10 Å². The third-order valence-electron chi connectivity index (χ3n) is 2.71. The van der Waals surface area contributed by atoms with E-state index in [1.807, 2.05) is 0 Å². The lowest BCUT2D eigenvalue weighted by Gasteiger charge is -2.01. The zero-order valence-electron chi connectivity index (χ0n) is 9.92. The number of H-pyrrole nitrogens is 1. The zero-order valence-corrected chi connectivity index (χ0v) is 9.92. The fraction of sp³-hybridized carbons (Fsp3) is 0. The van der Waals surface area contributed by atoms with Crippen LogP contribution in [-0.2, 0) is 0 Å². The third kappa shape index (κ3) is 2.11. The number of pyridine rings is 1. The molecule has 0 aliphatic carbocycles. The Morgan fingerprint density at radius 3 is 2.95 bits per heavy atom. The SMILES string of the molecule is Nc1ccc2[nH]nc(C(=O)Nc3ccccn3)c2c1. The van der Waals surface area contributed by atoms with Crippen LogP contribution in [0.5, 0.6) is 0 Å². The Morgan fingerprint density at radius 1 is 1.26 bits per heavy atom. The Hall–Kier alpha value is -2.89. The molecule has 0 atom stereocenters. The number of carbonyl (C=O) groups is 1. The van der Waals surface area contributed by atoms with Gasteiger partial charge in [-0.3, -0.25) is 9.89 Å². The van der Waals surface area contributed by atoms with Gasteiger partial charge in [0.15, 0.2) is 5.69 Å². The Labute approximate surface area is 108 Å². The van der Waals surface area contributed by atoms with Crippen molar-refractivity contribution in [3.05, 3.63) is 48.3 Å². The smallest absolute Gasteiger partial charge is 0.277 e. The molecule has 6 nitrogen and oxygen atoms in total. The van der Waals surface area contributed by atoms with Crippen LogP contribution in [-0.4, -0.2) is 21.1 Å². The maximum atomic E-state index is 12.1. The second kappa shape index (κ2) is 4.41. The minimum Gasteiger partial charge on any atom is -0.399 e. The maximum absolute atomic E-state index is 12.1. The minimum atomic E-state index is -0.324. The summed E-state index contributed by atoms with van der Waals surface area (Å²) >= 11 is 0. The van der Waals surface area contributed by atoms with Crippen molar-refractivity contribution in [3.63, 3.8) is 0 Å². The summed E-state index contributed by atoms with van der Waals surface area (Å²) in [4.78, 5) is 16.2. The number of rotatable bonds is 2. The van der Waals surface area contributed by atoms with Gasteiger partial charge in [0.05, 0.1) is 5.52 Å². The van der Waals surface area contributed by atoms with Gasteiger partial charge < -0.3 is 11.1 Å². The highest BCUT2D eigenvalue weighted by molar-refractivity contribution is 6.11. The molecule has 0 saturated heterocycles. The molecule has 0 spiro atoms. The molecular formula is C13H11N5O. The molecule has 4 N–H and O–H groups in total. The Bertz CT molecular complexity index is 735. The number of aromatic amines is 1. The van der Waals surface area contributed by atoms with Gasteiger partial charge in [0, 0.05) is 17.3 Å². The van der Waals surface area contributed by atoms with E-state index in [1.165, 1.54) is 0 Å². The number of fused-ring (bicyclic) bond motifs is 1. The second-order valence-electron chi connectivity index (χ2n) is 4.05. The molecule has 1 amide bonds. The van der Waals surface area contributed by atoms with Crippen molar-refractivity contribution in [2.24, 2.45) is 0 Å². The third-order valence-corrected chi connectivity index (χ3v) is 2.71. The van der Waals surface area contributed by atoms with Crippen LogP contribution in [0.15, 0.2) is 42.6 Å². The number of anilines is 2. The molecule has 0 aliphatic rings. The second-order valence-corrected chi connectivity index (χ2v) is 4.05. The zero-order chi connectivity index (χ0) is 13.2. The number of amides is 1. The van der Waals surface area contributed by atoms with Crippen LogP contribution in [0.1, 0.15) is 10.5 Å². The van der Waals surface area contributed by atoms with Gasteiger partial charge in [0.25, 0.3) is 5.91 Å². The molecule has 1 aromatic carbocycles. The molecule has 0 unspecified atom stereocenters. The lowest BCUT2D eigenvalue weighted by molar-refractivity contribution is 0.102. The normalized spacial score (nSPS) is 10.5. The molecule has 0 radical (unpaired) electrons. The summed E-state index contributed by atoms with van der Waals surface area (Å²) in [6.45, 7) is 0. The number of benzene rings is 1. The molecule has 0 saturated carbocycles. The number of nitrogens with one attached hydrogen (secondary N) is 2. The van der Waals surface area contributed by atoms with Crippen molar-refractivity contribution >= 4 is 28.3 Å². The molecule has 0 fully saturated rings. The Kier molecular flexibility index (Phi) is 2.60. The van der Waals surface area contributed by atoms with Gasteiger partial charge in [0.2, 0.25) is 0 Å². The van der Waals surface area contributed by atoms with Gasteiger partial charge in [-0.05, 0) is 30.3 Å². The van der Waals surface area contributed by atoms with Crippen LogP contribution in [0.3, 0.4) is 0 Å². The number of hydrogen-bond acceptors (Lipinski definition) is 4. The summed E-state index contributed by atoms with van der Waals surface area (Å²) < 4.78 is 0. The van der Waals surface area contributed by atoms with Crippen LogP contribution in [0.25, 0.3) is 10.9 Å². The summed E-state index contributed by atoms with van der Waals surface area (Å²) in [6, 6.07) is 10.5. The number of nitrogens with two attached hydrogens (primary N) is 1. The monoisotopic (exact) mass is 253 g/mol. The molecule has 6 heteroatoms. The fourth-order valence-corrected chi connectivity index (χ4v) is 1.82. The Morgan fingerprint density at radius 2 is 2.16 bits per heavy atom. The number of nitrogens with zero attached hydrogens (tertiary/aromatic N) is 2. The van der Waals surface area contributed by atoms with E-state index in [9.17, 15) is 4.79 Å². The molecule has 0 aliphatic heterocycles. The topological polar surface area (TPSA) is 96.7 Å². The first-order chi connectivity index (χ1) is 9.24. The van der Waals surface area contributed by atoms with Gasteiger partial charge in [0.1, 0.15) is 5.82 Å². The van der Waals surface area contributed by atoms with Crippen molar-refractivity contribution in [1.82, 2.24) is 15.2 Å². The summed E-state index contributed by atoms with van der Waals surface area (Å²) in [7, 11) is 0. The molecule has 3 rings (SSSR count). The van der Waals surface area contributed by atoms with Crippen LogP contribution < -0.4 is 11.1 Å². The van der Waals surface area contributed by atoms with Crippen molar-refractivity contribution in [3.8, 4) is 0 Å². The van der Waals surface area contributed by atoms with E-state index < -0.39 is 0 Å². The van der Waals surface area contributed by atoms with Crippen molar-refractivity contribution in [2.75, 3.05) is 11.1 Å². The van der Waals surface area contributed by atoms with Gasteiger partial charge in [-0.1, -0.05) is 6.07 Å². The number of hydrogen-bond donors (Lipinski definition) is 3. The van der Waals surface area contributed by atoms with E-state index >= 15 is 0 Å².